The van der Waals surface area contributed by atoms with Crippen LogP contribution in [0.1, 0.15) is 52.7 Å². The molecule has 0 spiro atoms. The third-order valence-corrected chi connectivity index (χ3v) is 9.90. The number of benzene rings is 2. The first-order valence-corrected chi connectivity index (χ1v) is 15.8. The van der Waals surface area contributed by atoms with E-state index < -0.39 is 5.60 Å². The van der Waals surface area contributed by atoms with Gasteiger partial charge in [-0.15, -0.1) is 0 Å². The SMILES string of the molecule is CO[C@@H](C)COc1cc(N2C[C@@H]3C[C@H]2CN3C(=O)OC(C)(C)C)c2cc(I)c(Br)c(O[C@H](C)c3ccccc3)c2n1. The summed E-state index contributed by atoms with van der Waals surface area (Å²) in [6.45, 7) is 11.4. The van der Waals surface area contributed by atoms with Crippen LogP contribution in [0.25, 0.3) is 10.9 Å². The number of ether oxygens (including phenoxy) is 4. The van der Waals surface area contributed by atoms with Crippen molar-refractivity contribution in [3.63, 3.8) is 0 Å². The number of methoxy groups -OCH3 is 1. The lowest BCUT2D eigenvalue weighted by Crippen LogP contribution is -2.50. The van der Waals surface area contributed by atoms with E-state index in [1.54, 1.807) is 7.11 Å². The molecule has 2 aliphatic rings. The molecule has 0 unspecified atom stereocenters. The van der Waals surface area contributed by atoms with E-state index in [0.717, 1.165) is 36.6 Å². The van der Waals surface area contributed by atoms with E-state index >= 15 is 0 Å². The van der Waals surface area contributed by atoms with Crippen LogP contribution in [0, 0.1) is 3.57 Å². The van der Waals surface area contributed by atoms with Crippen molar-refractivity contribution < 1.29 is 23.7 Å². The molecule has 3 heterocycles. The van der Waals surface area contributed by atoms with Crippen LogP contribution in [-0.2, 0) is 9.47 Å². The number of anilines is 1. The van der Waals surface area contributed by atoms with Crippen LogP contribution < -0.4 is 14.4 Å². The highest BCUT2D eigenvalue weighted by atomic mass is 127. The molecule has 4 atom stereocenters. The average molecular weight is 738 g/mol. The Morgan fingerprint density at radius 1 is 1.15 bits per heavy atom. The van der Waals surface area contributed by atoms with E-state index in [0.29, 0.717) is 31.3 Å². The maximum absolute atomic E-state index is 12.9. The number of nitrogens with zero attached hydrogens (tertiary/aromatic N) is 3. The van der Waals surface area contributed by atoms with Gasteiger partial charge in [-0.25, -0.2) is 9.78 Å². The number of fused-ring (bicyclic) bond motifs is 3. The Morgan fingerprint density at radius 2 is 1.88 bits per heavy atom. The molecule has 8 nitrogen and oxygen atoms in total. The van der Waals surface area contributed by atoms with Crippen LogP contribution in [0.4, 0.5) is 10.5 Å². The van der Waals surface area contributed by atoms with Crippen molar-refractivity contribution in [1.29, 1.82) is 0 Å². The van der Waals surface area contributed by atoms with Crippen molar-refractivity contribution in [2.45, 2.75) is 70.9 Å². The number of likely N-dealkylation sites (tertiary alicyclic amines) is 1. The van der Waals surface area contributed by atoms with Gasteiger partial charge in [0.15, 0.2) is 5.75 Å². The number of piperazine rings is 1. The fourth-order valence-corrected chi connectivity index (χ4v) is 6.35. The summed E-state index contributed by atoms with van der Waals surface area (Å²) in [6, 6.07) is 14.5. The number of rotatable bonds is 8. The van der Waals surface area contributed by atoms with Gasteiger partial charge in [0.05, 0.1) is 22.3 Å². The molecule has 2 aliphatic heterocycles. The number of carbonyl (C=O) groups excluding carboxylic acids is 1. The van der Waals surface area contributed by atoms with Crippen molar-refractivity contribution in [2.24, 2.45) is 0 Å². The van der Waals surface area contributed by atoms with Crippen LogP contribution in [0.15, 0.2) is 46.9 Å². The summed E-state index contributed by atoms with van der Waals surface area (Å²) in [5.74, 6) is 1.18. The third kappa shape index (κ3) is 6.54. The second kappa shape index (κ2) is 12.1. The highest BCUT2D eigenvalue weighted by Crippen LogP contribution is 2.45. The zero-order chi connectivity index (χ0) is 29.5. The molecule has 0 aliphatic carbocycles. The highest BCUT2D eigenvalue weighted by molar-refractivity contribution is 14.1. The van der Waals surface area contributed by atoms with Gasteiger partial charge < -0.3 is 28.7 Å². The Kier molecular flexibility index (Phi) is 8.92. The lowest BCUT2D eigenvalue weighted by molar-refractivity contribution is 0.0215. The van der Waals surface area contributed by atoms with Crippen LogP contribution in [0.3, 0.4) is 0 Å². The average Bonchev–Trinajstić information content (AvgIpc) is 3.55. The topological polar surface area (TPSA) is 73.4 Å². The molecule has 1 aromatic heterocycles. The fourth-order valence-electron chi connectivity index (χ4n) is 5.40. The quantitative estimate of drug-likeness (QED) is 0.224. The fraction of sp³-hybridized carbons (Fsp3) is 0.484. The summed E-state index contributed by atoms with van der Waals surface area (Å²) in [4.78, 5) is 22.1. The minimum atomic E-state index is -0.525. The monoisotopic (exact) mass is 737 g/mol. The van der Waals surface area contributed by atoms with Gasteiger partial charge in [-0.2, -0.15) is 0 Å². The summed E-state index contributed by atoms with van der Waals surface area (Å²) in [5.41, 5.74) is 2.30. The van der Waals surface area contributed by atoms with Crippen molar-refractivity contribution in [2.75, 3.05) is 31.7 Å². The van der Waals surface area contributed by atoms with E-state index in [1.165, 1.54) is 0 Å². The molecule has 3 aromatic rings. The molecule has 0 N–H and O–H groups in total. The second-order valence-corrected chi connectivity index (χ2v) is 13.7. The van der Waals surface area contributed by atoms with Crippen LogP contribution in [0.2, 0.25) is 0 Å². The Balaban J connectivity index is 1.53. The molecule has 1 amide bonds. The minimum absolute atomic E-state index is 0.0827. The van der Waals surface area contributed by atoms with Gasteiger partial charge in [-0.05, 0) is 91.2 Å². The molecular formula is C31H37BrIN3O5. The van der Waals surface area contributed by atoms with E-state index in [2.05, 4.69) is 61.6 Å². The molecule has 0 radical (unpaired) electrons. The lowest BCUT2D eigenvalue weighted by atomic mass is 10.1. The van der Waals surface area contributed by atoms with Gasteiger partial charge in [0, 0.05) is 41.3 Å². The number of aromatic nitrogens is 1. The van der Waals surface area contributed by atoms with Crippen molar-refractivity contribution in [1.82, 2.24) is 9.88 Å². The van der Waals surface area contributed by atoms with Crippen LogP contribution >= 0.6 is 38.5 Å². The number of hydrogen-bond donors (Lipinski definition) is 0. The maximum Gasteiger partial charge on any atom is 0.410 e. The first-order chi connectivity index (χ1) is 19.4. The summed E-state index contributed by atoms with van der Waals surface area (Å²) in [5, 5.41) is 0.983. The van der Waals surface area contributed by atoms with Crippen molar-refractivity contribution in [3.8, 4) is 11.6 Å². The van der Waals surface area contributed by atoms with Gasteiger partial charge in [0.2, 0.25) is 5.88 Å². The summed E-state index contributed by atoms with van der Waals surface area (Å²) < 4.78 is 25.8. The Morgan fingerprint density at radius 3 is 2.51 bits per heavy atom. The van der Waals surface area contributed by atoms with Gasteiger partial charge in [-0.3, -0.25) is 0 Å². The molecule has 10 heteroatoms. The zero-order valence-electron chi connectivity index (χ0n) is 24.3. The van der Waals surface area contributed by atoms with Crippen molar-refractivity contribution >= 4 is 61.2 Å². The Bertz CT molecular complexity index is 1420. The minimum Gasteiger partial charge on any atom is -0.483 e. The number of carbonyl (C=O) groups is 1. The number of hydrogen-bond acceptors (Lipinski definition) is 7. The van der Waals surface area contributed by atoms with Gasteiger partial charge in [0.25, 0.3) is 0 Å². The van der Waals surface area contributed by atoms with Crippen LogP contribution in [-0.4, -0.2) is 66.6 Å². The molecule has 5 rings (SSSR count). The molecule has 220 valence electrons. The standard InChI is InChI=1S/C31H37BrIN3O5/c1-18(38-6)17-39-26-14-25(35-15-22-12-21(35)16-36(22)30(37)41-31(3,4)5)23-13-24(33)27(32)29(28(23)34-26)40-19(2)20-10-8-7-9-11-20/h7-11,13-14,18-19,21-22H,12,15-17H2,1-6H3/t18-,19+,21-,22-/m0/s1. The van der Waals surface area contributed by atoms with Gasteiger partial charge in [0.1, 0.15) is 23.8 Å². The molecule has 2 saturated heterocycles. The number of amides is 1. The second-order valence-electron chi connectivity index (χ2n) is 11.7. The first kappa shape index (κ1) is 30.2. The molecule has 41 heavy (non-hydrogen) atoms. The van der Waals surface area contributed by atoms with Gasteiger partial charge in [-0.1, -0.05) is 30.3 Å². The van der Waals surface area contributed by atoms with E-state index in [9.17, 15) is 4.79 Å². The van der Waals surface area contributed by atoms with E-state index in [-0.39, 0.29) is 30.4 Å². The van der Waals surface area contributed by atoms with E-state index in [4.69, 9.17) is 23.9 Å². The lowest BCUT2D eigenvalue weighted by Gasteiger charge is -2.37. The predicted octanol–water partition coefficient (Wildman–Crippen LogP) is 7.35. The Labute approximate surface area is 263 Å². The largest absolute Gasteiger partial charge is 0.483 e. The third-order valence-electron chi connectivity index (χ3n) is 7.52. The first-order valence-electron chi connectivity index (χ1n) is 13.9. The number of halogens is 2. The molecule has 0 saturated carbocycles. The van der Waals surface area contributed by atoms with Crippen molar-refractivity contribution in [3.05, 3.63) is 56.1 Å². The van der Waals surface area contributed by atoms with Gasteiger partial charge >= 0.3 is 6.09 Å². The summed E-state index contributed by atoms with van der Waals surface area (Å²) in [6.07, 6.45) is 0.369. The zero-order valence-corrected chi connectivity index (χ0v) is 28.1. The summed E-state index contributed by atoms with van der Waals surface area (Å²) >= 11 is 6.12. The molecule has 2 fully saturated rings. The summed E-state index contributed by atoms with van der Waals surface area (Å²) in [7, 11) is 1.67. The Hall–Kier alpha value is -2.31. The molecule has 2 bridgehead atoms. The molecule has 2 aromatic carbocycles. The van der Waals surface area contributed by atoms with E-state index in [1.807, 2.05) is 63.8 Å². The van der Waals surface area contributed by atoms with Crippen LogP contribution in [0.5, 0.6) is 11.6 Å². The number of pyridine rings is 1. The maximum atomic E-state index is 12.9. The smallest absolute Gasteiger partial charge is 0.410 e. The normalized spacial score (nSPS) is 19.9. The predicted molar refractivity (Wildman–Crippen MR) is 172 cm³/mol. The molecular weight excluding hydrogens is 701 g/mol. The highest BCUT2D eigenvalue weighted by Gasteiger charge is 2.47.